The molecule has 0 aliphatic carbocycles. The second-order valence-corrected chi connectivity index (χ2v) is 6.04. The fourth-order valence-electron chi connectivity index (χ4n) is 2.09. The highest BCUT2D eigenvalue weighted by Crippen LogP contribution is 2.37. The van der Waals surface area contributed by atoms with Gasteiger partial charge in [-0.2, -0.15) is 0 Å². The van der Waals surface area contributed by atoms with Gasteiger partial charge in [0, 0.05) is 18.7 Å². The summed E-state index contributed by atoms with van der Waals surface area (Å²) in [5.41, 5.74) is 0.415. The minimum atomic E-state index is -0.199. The Balaban J connectivity index is 3.00. The zero-order valence-corrected chi connectivity index (χ0v) is 15.0. The first kappa shape index (κ1) is 19.6. The molecule has 6 heteroatoms. The number of nitrogens with zero attached hydrogens (tertiary/aromatic N) is 1. The van der Waals surface area contributed by atoms with Crippen molar-refractivity contribution in [2.45, 2.75) is 27.2 Å². The first-order valence-corrected chi connectivity index (χ1v) is 8.22. The van der Waals surface area contributed by atoms with E-state index in [9.17, 15) is 4.79 Å². The van der Waals surface area contributed by atoms with Gasteiger partial charge in [-0.15, -0.1) is 0 Å². The van der Waals surface area contributed by atoms with Crippen LogP contribution in [0.1, 0.15) is 37.6 Å². The van der Waals surface area contributed by atoms with Crippen LogP contribution in [-0.4, -0.2) is 49.3 Å². The zero-order chi connectivity index (χ0) is 17.4. The van der Waals surface area contributed by atoms with Gasteiger partial charge in [0.2, 0.25) is 0 Å². The molecule has 0 aromatic heterocycles. The number of likely N-dealkylation sites (N-methyl/N-ethyl adjacent to an activating group) is 1. The van der Waals surface area contributed by atoms with Crippen molar-refractivity contribution < 1.29 is 19.4 Å². The van der Waals surface area contributed by atoms with Crippen molar-refractivity contribution in [3.05, 3.63) is 22.7 Å². The van der Waals surface area contributed by atoms with Gasteiger partial charge in [-0.3, -0.25) is 4.79 Å². The van der Waals surface area contributed by atoms with Crippen molar-refractivity contribution in [2.75, 3.05) is 33.4 Å². The SMILES string of the molecule is CCN(CCO)C(=O)c1cc(Cl)c(OCCC(C)C)c(OC)c1. The number of hydrogen-bond donors (Lipinski definition) is 1. The number of carbonyl (C=O) groups is 1. The molecular formula is C17H26ClNO4. The molecule has 1 rings (SSSR count). The van der Waals surface area contributed by atoms with E-state index in [4.69, 9.17) is 26.2 Å². The van der Waals surface area contributed by atoms with Gasteiger partial charge in [0.25, 0.3) is 5.91 Å². The predicted octanol–water partition coefficient (Wildman–Crippen LogP) is 3.23. The van der Waals surface area contributed by atoms with Crippen LogP contribution in [0.25, 0.3) is 0 Å². The summed E-state index contributed by atoms with van der Waals surface area (Å²) in [5, 5.41) is 9.38. The Labute approximate surface area is 143 Å². The Morgan fingerprint density at radius 3 is 2.61 bits per heavy atom. The van der Waals surface area contributed by atoms with E-state index in [0.29, 0.717) is 41.2 Å². The molecule has 1 aromatic carbocycles. The minimum absolute atomic E-state index is 0.0825. The van der Waals surface area contributed by atoms with Crippen molar-refractivity contribution in [3.8, 4) is 11.5 Å². The lowest BCUT2D eigenvalue weighted by molar-refractivity contribution is 0.0731. The Morgan fingerprint density at radius 2 is 2.09 bits per heavy atom. The lowest BCUT2D eigenvalue weighted by atomic mass is 10.1. The highest BCUT2D eigenvalue weighted by atomic mass is 35.5. The van der Waals surface area contributed by atoms with Crippen LogP contribution in [0.5, 0.6) is 11.5 Å². The number of aliphatic hydroxyl groups is 1. The fraction of sp³-hybridized carbons (Fsp3) is 0.588. The predicted molar refractivity (Wildman–Crippen MR) is 91.6 cm³/mol. The molecule has 1 N–H and O–H groups in total. The summed E-state index contributed by atoms with van der Waals surface area (Å²) in [6, 6.07) is 3.20. The number of hydrogen-bond acceptors (Lipinski definition) is 4. The van der Waals surface area contributed by atoms with Crippen LogP contribution in [0.3, 0.4) is 0 Å². The number of methoxy groups -OCH3 is 1. The van der Waals surface area contributed by atoms with Crippen LogP contribution in [0.15, 0.2) is 12.1 Å². The van der Waals surface area contributed by atoms with E-state index in [1.807, 2.05) is 6.92 Å². The maximum Gasteiger partial charge on any atom is 0.254 e. The molecular weight excluding hydrogens is 318 g/mol. The summed E-state index contributed by atoms with van der Waals surface area (Å²) in [5.74, 6) is 1.22. The van der Waals surface area contributed by atoms with E-state index in [2.05, 4.69) is 13.8 Å². The van der Waals surface area contributed by atoms with E-state index < -0.39 is 0 Å². The first-order valence-electron chi connectivity index (χ1n) is 7.85. The zero-order valence-electron chi connectivity index (χ0n) is 14.3. The van der Waals surface area contributed by atoms with Gasteiger partial charge in [0.15, 0.2) is 11.5 Å². The van der Waals surface area contributed by atoms with E-state index >= 15 is 0 Å². The van der Waals surface area contributed by atoms with Gasteiger partial charge >= 0.3 is 0 Å². The number of carbonyl (C=O) groups excluding carboxylic acids is 1. The molecule has 0 saturated heterocycles. The van der Waals surface area contributed by atoms with E-state index in [-0.39, 0.29) is 19.1 Å². The molecule has 5 nitrogen and oxygen atoms in total. The number of amides is 1. The number of benzene rings is 1. The third-order valence-corrected chi connectivity index (χ3v) is 3.74. The number of halogens is 1. The van der Waals surface area contributed by atoms with E-state index in [1.54, 1.807) is 17.0 Å². The fourth-order valence-corrected chi connectivity index (χ4v) is 2.35. The Hall–Kier alpha value is -1.46. The smallest absolute Gasteiger partial charge is 0.254 e. The topological polar surface area (TPSA) is 59.0 Å². The molecule has 23 heavy (non-hydrogen) atoms. The van der Waals surface area contributed by atoms with Crippen LogP contribution in [0.4, 0.5) is 0 Å². The van der Waals surface area contributed by atoms with Gasteiger partial charge in [-0.1, -0.05) is 25.4 Å². The Kier molecular flexibility index (Phi) is 8.20. The van der Waals surface area contributed by atoms with Crippen LogP contribution >= 0.6 is 11.6 Å². The third kappa shape index (κ3) is 5.59. The Morgan fingerprint density at radius 1 is 1.39 bits per heavy atom. The number of aliphatic hydroxyl groups excluding tert-OH is 1. The van der Waals surface area contributed by atoms with Gasteiger partial charge in [0.1, 0.15) is 0 Å². The first-order chi connectivity index (χ1) is 10.9. The lowest BCUT2D eigenvalue weighted by Crippen LogP contribution is -2.33. The van der Waals surface area contributed by atoms with Crippen molar-refractivity contribution in [1.82, 2.24) is 4.90 Å². The summed E-state index contributed by atoms with van der Waals surface area (Å²) >= 11 is 6.27. The minimum Gasteiger partial charge on any atom is -0.493 e. The van der Waals surface area contributed by atoms with Crippen molar-refractivity contribution in [3.63, 3.8) is 0 Å². The molecule has 1 amide bonds. The van der Waals surface area contributed by atoms with Crippen LogP contribution < -0.4 is 9.47 Å². The molecule has 1 aromatic rings. The van der Waals surface area contributed by atoms with Gasteiger partial charge in [-0.25, -0.2) is 0 Å². The molecule has 0 radical (unpaired) electrons. The average Bonchev–Trinajstić information content (AvgIpc) is 2.52. The molecule has 130 valence electrons. The standard InChI is InChI=1S/C17H26ClNO4/c1-5-19(7-8-20)17(21)13-10-14(18)16(15(11-13)22-4)23-9-6-12(2)3/h10-12,20H,5-9H2,1-4H3. The Bertz CT molecular complexity index is 520. The van der Waals surface area contributed by atoms with Crippen molar-refractivity contribution in [2.24, 2.45) is 5.92 Å². The highest BCUT2D eigenvalue weighted by Gasteiger charge is 2.19. The van der Waals surface area contributed by atoms with Crippen LogP contribution in [0, 0.1) is 5.92 Å². The maximum atomic E-state index is 12.5. The second-order valence-electron chi connectivity index (χ2n) is 5.63. The molecule has 0 saturated carbocycles. The monoisotopic (exact) mass is 343 g/mol. The van der Waals surface area contributed by atoms with Crippen molar-refractivity contribution in [1.29, 1.82) is 0 Å². The van der Waals surface area contributed by atoms with Gasteiger partial charge in [-0.05, 0) is 31.4 Å². The van der Waals surface area contributed by atoms with E-state index in [0.717, 1.165) is 6.42 Å². The maximum absolute atomic E-state index is 12.5. The number of rotatable bonds is 9. The van der Waals surface area contributed by atoms with Gasteiger partial charge in [0.05, 0.1) is 25.3 Å². The molecule has 0 fully saturated rings. The average molecular weight is 344 g/mol. The van der Waals surface area contributed by atoms with Crippen molar-refractivity contribution >= 4 is 17.5 Å². The molecule has 0 aliphatic rings. The second kappa shape index (κ2) is 9.63. The quantitative estimate of drug-likeness (QED) is 0.748. The molecule has 0 atom stereocenters. The third-order valence-electron chi connectivity index (χ3n) is 3.46. The molecule has 0 bridgehead atoms. The summed E-state index contributed by atoms with van der Waals surface area (Å²) < 4.78 is 11.0. The summed E-state index contributed by atoms with van der Waals surface area (Å²) in [6.07, 6.45) is 0.903. The molecule has 0 spiro atoms. The number of ether oxygens (including phenoxy) is 2. The molecule has 0 aliphatic heterocycles. The summed E-state index contributed by atoms with van der Waals surface area (Å²) in [6.45, 7) is 7.33. The van der Waals surface area contributed by atoms with Crippen LogP contribution in [-0.2, 0) is 0 Å². The van der Waals surface area contributed by atoms with E-state index in [1.165, 1.54) is 7.11 Å². The highest BCUT2D eigenvalue weighted by molar-refractivity contribution is 6.32. The molecule has 0 unspecified atom stereocenters. The summed E-state index contributed by atoms with van der Waals surface area (Å²) in [7, 11) is 1.51. The lowest BCUT2D eigenvalue weighted by Gasteiger charge is -2.21. The molecule has 0 heterocycles. The summed E-state index contributed by atoms with van der Waals surface area (Å²) in [4.78, 5) is 14.0. The largest absolute Gasteiger partial charge is 0.493 e. The normalized spacial score (nSPS) is 10.7. The van der Waals surface area contributed by atoms with Gasteiger partial charge < -0.3 is 19.5 Å². The van der Waals surface area contributed by atoms with Crippen LogP contribution in [0.2, 0.25) is 5.02 Å².